The number of nitrogens with two attached hydrogens (primary N) is 1. The number of imidazole rings is 1. The van der Waals surface area contributed by atoms with Gasteiger partial charge < -0.3 is 15.5 Å². The average Bonchev–Trinajstić information content (AvgIpc) is 2.96. The van der Waals surface area contributed by atoms with Crippen LogP contribution in [0.5, 0.6) is 0 Å². The third kappa shape index (κ3) is 2.34. The summed E-state index contributed by atoms with van der Waals surface area (Å²) < 4.78 is 6.11. The predicted molar refractivity (Wildman–Crippen MR) is 74.6 cm³/mol. The van der Waals surface area contributed by atoms with Gasteiger partial charge in [-0.3, -0.25) is 4.79 Å². The van der Waals surface area contributed by atoms with Crippen LogP contribution < -0.4 is 11.3 Å². The van der Waals surface area contributed by atoms with Gasteiger partial charge in [-0.15, -0.1) is 0 Å². The van der Waals surface area contributed by atoms with Crippen molar-refractivity contribution in [2.45, 2.75) is 6.61 Å². The van der Waals surface area contributed by atoms with Gasteiger partial charge in [-0.2, -0.15) is 9.55 Å². The number of hydrogen-bond acceptors (Lipinski definition) is 6. The summed E-state index contributed by atoms with van der Waals surface area (Å²) in [5.74, 6) is -0.266. The molecule has 1 aromatic carbocycles. The lowest BCUT2D eigenvalue weighted by Crippen LogP contribution is -2.24. The number of nitrogens with zero attached hydrogens (tertiary/aromatic N) is 3. The second-order valence-corrected chi connectivity index (χ2v) is 4.25. The molecule has 8 heteroatoms. The first-order valence-corrected chi connectivity index (χ1v) is 6.09. The monoisotopic (exact) mass is 285 g/mol. The van der Waals surface area contributed by atoms with Crippen molar-refractivity contribution >= 4 is 23.2 Å². The molecule has 0 radical (unpaired) electrons. The van der Waals surface area contributed by atoms with Gasteiger partial charge in [-0.05, 0) is 5.56 Å². The number of nitrogen functional groups attached to an aromatic ring is 1. The number of anilines is 1. The molecule has 0 unspecified atom stereocenters. The Morgan fingerprint density at radius 1 is 1.33 bits per heavy atom. The maximum atomic E-state index is 12.1. The molecule has 3 rings (SSSR count). The van der Waals surface area contributed by atoms with E-state index in [9.17, 15) is 9.59 Å². The standard InChI is InChI=1S/C13H11N5O3/c14-12-17-11(19)9-10(16-7-15-9)18(12)13(20)21-6-8-4-2-1-3-5-8/h1-5,7H,6H2,(H,15,16)(H2,14,17,19). The molecule has 0 saturated carbocycles. The molecule has 3 aromatic rings. The average molecular weight is 285 g/mol. The van der Waals surface area contributed by atoms with Crippen LogP contribution in [0.15, 0.2) is 41.5 Å². The van der Waals surface area contributed by atoms with E-state index in [0.717, 1.165) is 10.1 Å². The van der Waals surface area contributed by atoms with Crippen molar-refractivity contribution in [3.8, 4) is 0 Å². The quantitative estimate of drug-likeness (QED) is 0.722. The van der Waals surface area contributed by atoms with Crippen molar-refractivity contribution in [3.05, 3.63) is 52.6 Å². The Bertz CT molecular complexity index is 853. The number of hydrogen-bond donors (Lipinski definition) is 2. The minimum absolute atomic E-state index is 0.0805. The second-order valence-electron chi connectivity index (χ2n) is 4.25. The summed E-state index contributed by atoms with van der Waals surface area (Å²) in [7, 11) is 0. The fraction of sp³-hybridized carbons (Fsp3) is 0.0769. The molecule has 0 amide bonds. The van der Waals surface area contributed by atoms with Crippen LogP contribution in [-0.4, -0.2) is 25.6 Å². The van der Waals surface area contributed by atoms with Crippen molar-refractivity contribution in [2.24, 2.45) is 0 Å². The topological polar surface area (TPSA) is 116 Å². The van der Waals surface area contributed by atoms with Gasteiger partial charge in [-0.25, -0.2) is 9.78 Å². The SMILES string of the molecule is Nc1nc(=O)c2[nH]cnc2n1C(=O)OCc1ccccc1. The number of carbonyl (C=O) groups excluding carboxylic acids is 1. The molecule has 0 atom stereocenters. The molecule has 0 fully saturated rings. The van der Waals surface area contributed by atoms with Gasteiger partial charge in [0.05, 0.1) is 6.33 Å². The number of nitrogens with one attached hydrogen (secondary N) is 1. The summed E-state index contributed by atoms with van der Waals surface area (Å²) in [5, 5.41) is 0. The van der Waals surface area contributed by atoms with E-state index in [0.29, 0.717) is 0 Å². The van der Waals surface area contributed by atoms with Gasteiger partial charge in [0.2, 0.25) is 5.95 Å². The highest BCUT2D eigenvalue weighted by Crippen LogP contribution is 2.10. The number of carbonyl (C=O) groups is 1. The van der Waals surface area contributed by atoms with Gasteiger partial charge in [0, 0.05) is 0 Å². The number of benzene rings is 1. The van der Waals surface area contributed by atoms with E-state index in [1.54, 1.807) is 0 Å². The Kier molecular flexibility index (Phi) is 3.11. The summed E-state index contributed by atoms with van der Waals surface area (Å²) in [6.07, 6.45) is 0.537. The van der Waals surface area contributed by atoms with Crippen molar-refractivity contribution in [1.82, 2.24) is 19.5 Å². The fourth-order valence-corrected chi connectivity index (χ4v) is 1.90. The molecule has 0 aliphatic carbocycles. The number of rotatable bonds is 2. The van der Waals surface area contributed by atoms with Crippen LogP contribution in [0.4, 0.5) is 10.7 Å². The van der Waals surface area contributed by atoms with Crippen LogP contribution in [0.25, 0.3) is 11.2 Å². The maximum Gasteiger partial charge on any atom is 0.423 e. The van der Waals surface area contributed by atoms with Crippen LogP contribution in [-0.2, 0) is 11.3 Å². The molecule has 0 aliphatic heterocycles. The Morgan fingerprint density at radius 3 is 2.86 bits per heavy atom. The zero-order valence-electron chi connectivity index (χ0n) is 10.8. The van der Waals surface area contributed by atoms with Crippen LogP contribution in [0.3, 0.4) is 0 Å². The zero-order valence-corrected chi connectivity index (χ0v) is 10.8. The Labute approximate surface area is 118 Å². The summed E-state index contributed by atoms with van der Waals surface area (Å²) >= 11 is 0. The largest absolute Gasteiger partial charge is 0.444 e. The van der Waals surface area contributed by atoms with Gasteiger partial charge in [0.15, 0.2) is 11.2 Å². The van der Waals surface area contributed by atoms with Crippen molar-refractivity contribution in [3.63, 3.8) is 0 Å². The molecule has 8 nitrogen and oxygen atoms in total. The third-order valence-corrected chi connectivity index (χ3v) is 2.88. The van der Waals surface area contributed by atoms with E-state index in [1.165, 1.54) is 6.33 Å². The van der Waals surface area contributed by atoms with Crippen LogP contribution in [0.2, 0.25) is 0 Å². The highest BCUT2D eigenvalue weighted by atomic mass is 16.5. The fourth-order valence-electron chi connectivity index (χ4n) is 1.90. The van der Waals surface area contributed by atoms with Crippen LogP contribution >= 0.6 is 0 Å². The summed E-state index contributed by atoms with van der Waals surface area (Å²) in [4.78, 5) is 33.8. The predicted octanol–water partition coefficient (Wildman–Crippen LogP) is 0.887. The lowest BCUT2D eigenvalue weighted by Gasteiger charge is -2.09. The first kappa shape index (κ1) is 12.9. The molecule has 106 valence electrons. The summed E-state index contributed by atoms with van der Waals surface area (Å²) in [6, 6.07) is 9.19. The van der Waals surface area contributed by atoms with E-state index in [-0.39, 0.29) is 23.7 Å². The first-order chi connectivity index (χ1) is 10.2. The van der Waals surface area contributed by atoms with Gasteiger partial charge >= 0.3 is 11.7 Å². The molecule has 21 heavy (non-hydrogen) atoms. The zero-order chi connectivity index (χ0) is 14.8. The van der Waals surface area contributed by atoms with E-state index in [4.69, 9.17) is 10.5 Å². The Balaban J connectivity index is 1.91. The van der Waals surface area contributed by atoms with Crippen LogP contribution in [0, 0.1) is 0 Å². The molecule has 2 heterocycles. The Hall–Kier alpha value is -3.16. The highest BCUT2D eigenvalue weighted by Gasteiger charge is 2.17. The highest BCUT2D eigenvalue weighted by molar-refractivity contribution is 5.85. The van der Waals surface area contributed by atoms with E-state index in [2.05, 4.69) is 15.0 Å². The minimum atomic E-state index is -0.749. The van der Waals surface area contributed by atoms with Crippen LogP contribution in [0.1, 0.15) is 5.56 Å². The number of aromatic nitrogens is 4. The smallest absolute Gasteiger partial charge is 0.423 e. The van der Waals surface area contributed by atoms with Gasteiger partial charge in [0.1, 0.15) is 6.61 Å². The van der Waals surface area contributed by atoms with E-state index < -0.39 is 11.7 Å². The van der Waals surface area contributed by atoms with E-state index >= 15 is 0 Å². The minimum Gasteiger partial charge on any atom is -0.444 e. The normalized spacial score (nSPS) is 10.7. The number of aromatic amines is 1. The second kappa shape index (κ2) is 5.08. The molecular formula is C13H11N5O3. The molecule has 3 N–H and O–H groups in total. The molecule has 0 spiro atoms. The molecule has 0 bridgehead atoms. The van der Waals surface area contributed by atoms with Crippen molar-refractivity contribution < 1.29 is 9.53 Å². The van der Waals surface area contributed by atoms with E-state index in [1.807, 2.05) is 30.3 Å². The third-order valence-electron chi connectivity index (χ3n) is 2.88. The lowest BCUT2D eigenvalue weighted by atomic mass is 10.2. The maximum absolute atomic E-state index is 12.1. The Morgan fingerprint density at radius 2 is 2.10 bits per heavy atom. The molecular weight excluding hydrogens is 274 g/mol. The molecule has 0 aliphatic rings. The molecule has 2 aromatic heterocycles. The number of fused-ring (bicyclic) bond motifs is 1. The first-order valence-electron chi connectivity index (χ1n) is 6.09. The number of ether oxygens (including phenoxy) is 1. The summed E-state index contributed by atoms with van der Waals surface area (Å²) in [5.41, 5.74) is 6.05. The number of H-pyrrole nitrogens is 1. The van der Waals surface area contributed by atoms with Crippen molar-refractivity contribution in [1.29, 1.82) is 0 Å². The van der Waals surface area contributed by atoms with Gasteiger partial charge in [-0.1, -0.05) is 30.3 Å². The van der Waals surface area contributed by atoms with Gasteiger partial charge in [0.25, 0.3) is 0 Å². The lowest BCUT2D eigenvalue weighted by molar-refractivity contribution is 0.142. The van der Waals surface area contributed by atoms with Crippen molar-refractivity contribution in [2.75, 3.05) is 5.73 Å². The summed E-state index contributed by atoms with van der Waals surface area (Å²) in [6.45, 7) is 0.0805. The molecule has 0 saturated heterocycles.